The Morgan fingerprint density at radius 2 is 2.04 bits per heavy atom. The van der Waals surface area contributed by atoms with Gasteiger partial charge in [-0.3, -0.25) is 9.48 Å². The molecule has 3 rings (SSSR count). The molecule has 2 aliphatic heterocycles. The number of aliphatic hydroxyl groups is 1. The third-order valence-electron chi connectivity index (χ3n) is 6.03. The van der Waals surface area contributed by atoms with Crippen LogP contribution >= 0.6 is 0 Å². The Morgan fingerprint density at radius 1 is 1.22 bits per heavy atom. The van der Waals surface area contributed by atoms with Crippen LogP contribution in [0.3, 0.4) is 0 Å². The highest BCUT2D eigenvalue weighted by atomic mass is 16.3. The van der Waals surface area contributed by atoms with Crippen LogP contribution in [0.2, 0.25) is 0 Å². The molecule has 0 aromatic carbocycles. The van der Waals surface area contributed by atoms with E-state index in [4.69, 9.17) is 0 Å². The molecule has 2 fully saturated rings. The smallest absolute Gasteiger partial charge is 0.224 e. The molecule has 0 spiro atoms. The van der Waals surface area contributed by atoms with Crippen molar-refractivity contribution in [1.29, 1.82) is 0 Å². The summed E-state index contributed by atoms with van der Waals surface area (Å²) in [6.45, 7) is 9.86. The van der Waals surface area contributed by atoms with Crippen LogP contribution in [0.5, 0.6) is 0 Å². The van der Waals surface area contributed by atoms with E-state index in [1.54, 1.807) is 6.20 Å². The monoisotopic (exact) mass is 377 g/mol. The van der Waals surface area contributed by atoms with Gasteiger partial charge in [-0.15, -0.1) is 0 Å². The van der Waals surface area contributed by atoms with Crippen molar-refractivity contribution < 1.29 is 9.90 Å². The first-order valence-corrected chi connectivity index (χ1v) is 10.3. The van der Waals surface area contributed by atoms with Crippen LogP contribution in [-0.4, -0.2) is 95.0 Å². The number of hydrogen-bond donors (Lipinski definition) is 1. The molecule has 1 aromatic heterocycles. The summed E-state index contributed by atoms with van der Waals surface area (Å²) in [5, 5.41) is 14.0. The van der Waals surface area contributed by atoms with Gasteiger partial charge in [0, 0.05) is 64.2 Å². The normalized spacial score (nSPS) is 25.5. The SMILES string of the molecule is Cc1ccnn1CCC(=O)N1C[C@@H](CN2CCCN(C)CC2)C[C@H](CO)C1. The van der Waals surface area contributed by atoms with Crippen LogP contribution in [-0.2, 0) is 11.3 Å². The second kappa shape index (κ2) is 9.66. The fourth-order valence-electron chi connectivity index (χ4n) is 4.43. The zero-order chi connectivity index (χ0) is 19.2. The molecule has 2 aliphatic rings. The number of rotatable bonds is 6. The van der Waals surface area contributed by atoms with Crippen LogP contribution in [0, 0.1) is 18.8 Å². The molecule has 0 bridgehead atoms. The summed E-state index contributed by atoms with van der Waals surface area (Å²) in [7, 11) is 2.19. The minimum absolute atomic E-state index is 0.168. The Hall–Kier alpha value is -1.44. The predicted octanol–water partition coefficient (Wildman–Crippen LogP) is 0.676. The van der Waals surface area contributed by atoms with Gasteiger partial charge in [-0.05, 0) is 57.8 Å². The van der Waals surface area contributed by atoms with Crippen molar-refractivity contribution in [1.82, 2.24) is 24.5 Å². The number of aromatic nitrogens is 2. The number of nitrogens with zero attached hydrogens (tertiary/aromatic N) is 5. The minimum atomic E-state index is 0.168. The first kappa shape index (κ1) is 20.3. The van der Waals surface area contributed by atoms with Crippen molar-refractivity contribution >= 4 is 5.91 Å². The molecule has 27 heavy (non-hydrogen) atoms. The molecule has 2 saturated heterocycles. The average molecular weight is 378 g/mol. The van der Waals surface area contributed by atoms with Gasteiger partial charge < -0.3 is 19.8 Å². The van der Waals surface area contributed by atoms with Gasteiger partial charge in [0.05, 0.1) is 0 Å². The van der Waals surface area contributed by atoms with E-state index in [0.717, 1.165) is 51.4 Å². The van der Waals surface area contributed by atoms with Gasteiger partial charge in [-0.2, -0.15) is 5.10 Å². The van der Waals surface area contributed by atoms with E-state index in [-0.39, 0.29) is 18.4 Å². The highest BCUT2D eigenvalue weighted by Gasteiger charge is 2.30. The van der Waals surface area contributed by atoms with E-state index in [2.05, 4.69) is 21.9 Å². The van der Waals surface area contributed by atoms with Gasteiger partial charge in [0.15, 0.2) is 0 Å². The number of carbonyl (C=O) groups is 1. The van der Waals surface area contributed by atoms with Gasteiger partial charge >= 0.3 is 0 Å². The molecule has 3 heterocycles. The van der Waals surface area contributed by atoms with Gasteiger partial charge in [-0.1, -0.05) is 0 Å². The molecule has 1 N–H and O–H groups in total. The number of amides is 1. The topological polar surface area (TPSA) is 64.8 Å². The molecule has 2 atom stereocenters. The molecule has 7 nitrogen and oxygen atoms in total. The number of likely N-dealkylation sites (tertiary alicyclic amines) is 1. The summed E-state index contributed by atoms with van der Waals surface area (Å²) < 4.78 is 1.89. The quantitative estimate of drug-likeness (QED) is 0.790. The van der Waals surface area contributed by atoms with Crippen molar-refractivity contribution in [2.24, 2.45) is 11.8 Å². The summed E-state index contributed by atoms with van der Waals surface area (Å²) in [4.78, 5) is 19.7. The second-order valence-corrected chi connectivity index (χ2v) is 8.35. The molecular weight excluding hydrogens is 342 g/mol. The first-order valence-electron chi connectivity index (χ1n) is 10.3. The van der Waals surface area contributed by atoms with E-state index in [1.165, 1.54) is 6.42 Å². The largest absolute Gasteiger partial charge is 0.396 e. The van der Waals surface area contributed by atoms with E-state index < -0.39 is 0 Å². The van der Waals surface area contributed by atoms with Crippen LogP contribution in [0.15, 0.2) is 12.3 Å². The summed E-state index contributed by atoms with van der Waals surface area (Å²) in [5.74, 6) is 0.840. The Balaban J connectivity index is 1.53. The van der Waals surface area contributed by atoms with E-state index >= 15 is 0 Å². The highest BCUT2D eigenvalue weighted by molar-refractivity contribution is 5.76. The summed E-state index contributed by atoms with van der Waals surface area (Å²) in [6.07, 6.45) is 4.47. The number of aliphatic hydroxyl groups excluding tert-OH is 1. The number of piperidine rings is 1. The molecule has 152 valence electrons. The second-order valence-electron chi connectivity index (χ2n) is 8.35. The van der Waals surface area contributed by atoms with Gasteiger partial charge in [0.25, 0.3) is 0 Å². The summed E-state index contributed by atoms with van der Waals surface area (Å²) in [6, 6.07) is 1.96. The first-order chi connectivity index (χ1) is 13.0. The maximum Gasteiger partial charge on any atom is 0.224 e. The third-order valence-corrected chi connectivity index (χ3v) is 6.03. The highest BCUT2D eigenvalue weighted by Crippen LogP contribution is 2.24. The zero-order valence-corrected chi connectivity index (χ0v) is 16.9. The maximum absolute atomic E-state index is 12.8. The molecule has 0 unspecified atom stereocenters. The fraction of sp³-hybridized carbons (Fsp3) is 0.800. The Bertz CT molecular complexity index is 605. The summed E-state index contributed by atoms with van der Waals surface area (Å²) >= 11 is 0. The van der Waals surface area contributed by atoms with E-state index in [9.17, 15) is 9.90 Å². The lowest BCUT2D eigenvalue weighted by Crippen LogP contribution is -2.48. The Morgan fingerprint density at radius 3 is 2.78 bits per heavy atom. The van der Waals surface area contributed by atoms with Crippen molar-refractivity contribution in [2.75, 3.05) is 59.5 Å². The number of aryl methyl sites for hydroxylation is 2. The van der Waals surface area contributed by atoms with Crippen LogP contribution in [0.1, 0.15) is 25.0 Å². The number of likely N-dealkylation sites (N-methyl/N-ethyl adjacent to an activating group) is 1. The van der Waals surface area contributed by atoms with E-state index in [0.29, 0.717) is 25.4 Å². The lowest BCUT2D eigenvalue weighted by atomic mass is 9.89. The van der Waals surface area contributed by atoms with Gasteiger partial charge in [-0.25, -0.2) is 0 Å². The van der Waals surface area contributed by atoms with Crippen LogP contribution in [0.25, 0.3) is 0 Å². The predicted molar refractivity (Wildman–Crippen MR) is 105 cm³/mol. The van der Waals surface area contributed by atoms with Crippen molar-refractivity contribution in [3.05, 3.63) is 18.0 Å². The average Bonchev–Trinajstić information content (AvgIpc) is 2.97. The molecule has 0 aliphatic carbocycles. The molecular formula is C20H35N5O2. The minimum Gasteiger partial charge on any atom is -0.396 e. The standard InChI is InChI=1S/C20H35N5O2/c1-17-4-6-21-25(17)9-5-20(27)24-14-18(12-19(15-24)16-26)13-23-8-3-7-22(2)10-11-23/h4,6,18-19,26H,3,5,7-16H2,1-2H3/t18-,19+/m1/s1. The van der Waals surface area contributed by atoms with Gasteiger partial charge in [0.2, 0.25) is 5.91 Å². The van der Waals surface area contributed by atoms with Crippen LogP contribution in [0.4, 0.5) is 0 Å². The van der Waals surface area contributed by atoms with Crippen molar-refractivity contribution in [3.63, 3.8) is 0 Å². The molecule has 1 amide bonds. The molecule has 1 aromatic rings. The fourth-order valence-corrected chi connectivity index (χ4v) is 4.43. The maximum atomic E-state index is 12.8. The van der Waals surface area contributed by atoms with Crippen LogP contribution < -0.4 is 0 Å². The number of carbonyl (C=O) groups excluding carboxylic acids is 1. The Labute approximate surface area is 162 Å². The van der Waals surface area contributed by atoms with Crippen molar-refractivity contribution in [2.45, 2.75) is 32.7 Å². The lowest BCUT2D eigenvalue weighted by molar-refractivity contribution is -0.135. The molecule has 0 saturated carbocycles. The van der Waals surface area contributed by atoms with Gasteiger partial charge in [0.1, 0.15) is 0 Å². The molecule has 0 radical (unpaired) electrons. The molecule has 7 heteroatoms. The third kappa shape index (κ3) is 5.77. The Kier molecular flexibility index (Phi) is 7.26. The summed E-state index contributed by atoms with van der Waals surface area (Å²) in [5.41, 5.74) is 1.08. The number of hydrogen-bond acceptors (Lipinski definition) is 5. The van der Waals surface area contributed by atoms with Crippen molar-refractivity contribution in [3.8, 4) is 0 Å². The van der Waals surface area contributed by atoms with E-state index in [1.807, 2.05) is 22.6 Å². The zero-order valence-electron chi connectivity index (χ0n) is 16.9. The lowest BCUT2D eigenvalue weighted by Gasteiger charge is -2.39.